The van der Waals surface area contributed by atoms with Crippen LogP contribution in [0.15, 0.2) is 23.2 Å². The summed E-state index contributed by atoms with van der Waals surface area (Å²) in [6.07, 6.45) is 0. The van der Waals surface area contributed by atoms with Crippen molar-refractivity contribution in [1.82, 2.24) is 4.98 Å². The van der Waals surface area contributed by atoms with Gasteiger partial charge in [0.2, 0.25) is 0 Å². The summed E-state index contributed by atoms with van der Waals surface area (Å²) in [4.78, 5) is 4.23. The Balaban J connectivity index is 2.70. The number of hydrogen-bond donors (Lipinski definition) is 1. The molecule has 7 nitrogen and oxygen atoms in total. The van der Waals surface area contributed by atoms with Crippen LogP contribution in [0, 0.1) is 22.7 Å². The van der Waals surface area contributed by atoms with Gasteiger partial charge in [-0.2, -0.15) is 10.5 Å². The maximum absolute atomic E-state index is 9.71. The molecule has 0 aliphatic carbocycles. The van der Waals surface area contributed by atoms with E-state index in [1.165, 1.54) is 26.0 Å². The lowest BCUT2D eigenvalue weighted by Gasteiger charge is -2.14. The molecule has 134 valence electrons. The van der Waals surface area contributed by atoms with Gasteiger partial charge in [0.05, 0.1) is 26.4 Å². The predicted octanol–water partition coefficient (Wildman–Crippen LogP) is 2.83. The molecule has 0 bridgehead atoms. The molecule has 0 saturated heterocycles. The van der Waals surface area contributed by atoms with Crippen LogP contribution in [0.3, 0.4) is 0 Å². The van der Waals surface area contributed by atoms with Crippen LogP contribution in [0.2, 0.25) is 0 Å². The third kappa shape index (κ3) is 3.83. The molecule has 8 heteroatoms. The molecule has 0 radical (unpaired) electrons. The number of nitrogens with zero attached hydrogens (tertiary/aromatic N) is 3. The summed E-state index contributed by atoms with van der Waals surface area (Å²) in [5.74, 6) is 1.72. The fourth-order valence-electron chi connectivity index (χ4n) is 2.40. The third-order valence-corrected chi connectivity index (χ3v) is 4.55. The van der Waals surface area contributed by atoms with E-state index in [4.69, 9.17) is 19.9 Å². The largest absolute Gasteiger partial charge is 0.493 e. The Labute approximate surface area is 156 Å². The Morgan fingerprint density at radius 3 is 2.35 bits per heavy atom. The number of nitrogen functional groups attached to an aromatic ring is 1. The maximum Gasteiger partial charge on any atom is 0.161 e. The molecule has 0 aliphatic rings. The van der Waals surface area contributed by atoms with Crippen molar-refractivity contribution in [2.24, 2.45) is 0 Å². The molecule has 1 heterocycles. The van der Waals surface area contributed by atoms with Gasteiger partial charge >= 0.3 is 0 Å². The number of pyridine rings is 1. The second-order valence-electron chi connectivity index (χ2n) is 5.06. The number of nitrogens with two attached hydrogens (primary N) is 1. The Kier molecular flexibility index (Phi) is 6.67. The van der Waals surface area contributed by atoms with E-state index >= 15 is 0 Å². The van der Waals surface area contributed by atoms with E-state index in [-0.39, 0.29) is 11.4 Å². The molecular weight excluding hydrogens is 352 g/mol. The Bertz CT molecular complexity index is 887. The fraction of sp³-hybridized carbons (Fsp3) is 0.278. The average molecular weight is 370 g/mol. The number of thioether (sulfide) groups is 1. The first-order valence-electron chi connectivity index (χ1n) is 7.59. The highest BCUT2D eigenvalue weighted by atomic mass is 32.2. The van der Waals surface area contributed by atoms with Gasteiger partial charge in [-0.3, -0.25) is 0 Å². The summed E-state index contributed by atoms with van der Waals surface area (Å²) in [6, 6.07) is 9.38. The number of nitriles is 2. The number of aromatic nitrogens is 1. The lowest BCUT2D eigenvalue weighted by Crippen LogP contribution is -2.04. The van der Waals surface area contributed by atoms with Gasteiger partial charge in [-0.05, 0) is 17.7 Å². The van der Waals surface area contributed by atoms with E-state index in [2.05, 4.69) is 17.1 Å². The molecule has 0 fully saturated rings. The molecule has 26 heavy (non-hydrogen) atoms. The van der Waals surface area contributed by atoms with Gasteiger partial charge in [0.25, 0.3) is 0 Å². The minimum Gasteiger partial charge on any atom is -0.493 e. The van der Waals surface area contributed by atoms with Gasteiger partial charge < -0.3 is 19.9 Å². The molecule has 2 rings (SSSR count). The van der Waals surface area contributed by atoms with E-state index in [1.54, 1.807) is 25.3 Å². The van der Waals surface area contributed by atoms with Crippen molar-refractivity contribution < 1.29 is 14.2 Å². The minimum atomic E-state index is 0.0798. The quantitative estimate of drug-likeness (QED) is 0.584. The highest BCUT2D eigenvalue weighted by molar-refractivity contribution is 7.99. The molecule has 1 aromatic carbocycles. The van der Waals surface area contributed by atoms with Gasteiger partial charge in [-0.15, -0.1) is 11.8 Å². The number of rotatable bonds is 7. The highest BCUT2D eigenvalue weighted by Crippen LogP contribution is 2.39. The van der Waals surface area contributed by atoms with E-state index in [9.17, 15) is 10.5 Å². The predicted molar refractivity (Wildman–Crippen MR) is 99.2 cm³/mol. The molecule has 2 N–H and O–H groups in total. The zero-order valence-corrected chi connectivity index (χ0v) is 15.5. The van der Waals surface area contributed by atoms with Gasteiger partial charge in [0.1, 0.15) is 28.5 Å². The Hall–Kier alpha value is -2.94. The molecule has 0 unspecified atom stereocenters. The summed E-state index contributed by atoms with van der Waals surface area (Å²) in [7, 11) is 4.65. The first-order chi connectivity index (χ1) is 12.6. The Morgan fingerprint density at radius 1 is 1.08 bits per heavy atom. The average Bonchev–Trinajstić information content (AvgIpc) is 2.67. The highest BCUT2D eigenvalue weighted by Gasteiger charge is 2.21. The van der Waals surface area contributed by atoms with Crippen LogP contribution in [0.5, 0.6) is 11.5 Å². The van der Waals surface area contributed by atoms with Crippen molar-refractivity contribution in [1.29, 1.82) is 10.5 Å². The summed E-state index contributed by atoms with van der Waals surface area (Å²) in [5.41, 5.74) is 7.49. The lowest BCUT2D eigenvalue weighted by atomic mass is 9.96. The summed E-state index contributed by atoms with van der Waals surface area (Å²) in [5, 5.41) is 19.7. The van der Waals surface area contributed by atoms with E-state index < -0.39 is 0 Å². The number of methoxy groups -OCH3 is 3. The van der Waals surface area contributed by atoms with Crippen molar-refractivity contribution in [2.45, 2.75) is 5.03 Å². The zero-order valence-electron chi connectivity index (χ0n) is 14.7. The minimum absolute atomic E-state index is 0.0798. The smallest absolute Gasteiger partial charge is 0.161 e. The second-order valence-corrected chi connectivity index (χ2v) is 6.15. The molecule has 2 aromatic rings. The van der Waals surface area contributed by atoms with Crippen molar-refractivity contribution in [3.05, 3.63) is 29.3 Å². The number of ether oxygens (including phenoxy) is 3. The van der Waals surface area contributed by atoms with Crippen LogP contribution < -0.4 is 15.2 Å². The van der Waals surface area contributed by atoms with E-state index in [1.807, 2.05) is 0 Å². The summed E-state index contributed by atoms with van der Waals surface area (Å²) < 4.78 is 15.6. The van der Waals surface area contributed by atoms with Gasteiger partial charge in [0.15, 0.2) is 11.5 Å². The van der Waals surface area contributed by atoms with Crippen LogP contribution in [-0.2, 0) is 4.74 Å². The van der Waals surface area contributed by atoms with Crippen LogP contribution in [0.25, 0.3) is 11.1 Å². The second kappa shape index (κ2) is 8.95. The van der Waals surface area contributed by atoms with Crippen LogP contribution >= 0.6 is 11.8 Å². The third-order valence-electron chi connectivity index (χ3n) is 3.61. The van der Waals surface area contributed by atoms with Crippen molar-refractivity contribution in [3.63, 3.8) is 0 Å². The Morgan fingerprint density at radius 2 is 1.77 bits per heavy atom. The van der Waals surface area contributed by atoms with Gasteiger partial charge in [-0.1, -0.05) is 6.07 Å². The van der Waals surface area contributed by atoms with Crippen molar-refractivity contribution >= 4 is 17.6 Å². The lowest BCUT2D eigenvalue weighted by molar-refractivity contribution is 0.218. The SMILES string of the molecule is COCCSc1nc(N)c(C#N)c(-c2ccc(OC)c(OC)c2)c1C#N. The van der Waals surface area contributed by atoms with Crippen LogP contribution in [0.4, 0.5) is 5.82 Å². The van der Waals surface area contributed by atoms with Crippen LogP contribution in [0.1, 0.15) is 11.1 Å². The zero-order chi connectivity index (χ0) is 19.1. The molecular formula is C18H18N4O3S. The molecule has 0 aliphatic heterocycles. The van der Waals surface area contributed by atoms with Gasteiger partial charge in [-0.25, -0.2) is 4.98 Å². The van der Waals surface area contributed by atoms with Crippen molar-refractivity contribution in [2.75, 3.05) is 39.4 Å². The molecule has 0 saturated carbocycles. The van der Waals surface area contributed by atoms with Crippen molar-refractivity contribution in [3.8, 4) is 34.8 Å². The standard InChI is InChI=1S/C18H18N4O3S/c1-23-6-7-26-18-13(10-20)16(12(9-19)17(21)22-18)11-4-5-14(24-2)15(8-11)25-3/h4-5,8H,6-7H2,1-3H3,(H2,21,22). The van der Waals surface area contributed by atoms with E-state index in [0.717, 1.165) is 0 Å². The number of anilines is 1. The maximum atomic E-state index is 9.71. The molecule has 0 spiro atoms. The number of benzene rings is 1. The summed E-state index contributed by atoms with van der Waals surface area (Å²) in [6.45, 7) is 0.503. The molecule has 0 atom stereocenters. The first-order valence-corrected chi connectivity index (χ1v) is 8.57. The normalized spacial score (nSPS) is 10.0. The molecule has 0 amide bonds. The first kappa shape index (κ1) is 19.4. The monoisotopic (exact) mass is 370 g/mol. The van der Waals surface area contributed by atoms with Crippen LogP contribution in [-0.4, -0.2) is 38.7 Å². The topological polar surface area (TPSA) is 114 Å². The van der Waals surface area contributed by atoms with Gasteiger partial charge in [0, 0.05) is 18.4 Å². The fourth-order valence-corrected chi connectivity index (χ4v) is 3.30. The summed E-state index contributed by atoms with van der Waals surface area (Å²) >= 11 is 1.35. The molecule has 1 aromatic heterocycles. The van der Waals surface area contributed by atoms with E-state index in [0.29, 0.717) is 45.6 Å². The number of hydrogen-bond acceptors (Lipinski definition) is 8.